The lowest BCUT2D eigenvalue weighted by atomic mass is 10.3. The van der Waals surface area contributed by atoms with E-state index in [1.807, 2.05) is 0 Å². The van der Waals surface area contributed by atoms with Gasteiger partial charge in [0.15, 0.2) is 0 Å². The SMILES string of the molecule is O=c1[nH]nc(CCNc2ncc(Br)cc2[N+](=O)[O-])[nH]1. The number of nitrogens with zero attached hydrogens (tertiary/aromatic N) is 3. The van der Waals surface area contributed by atoms with Gasteiger partial charge in [0.25, 0.3) is 0 Å². The monoisotopic (exact) mass is 328 g/mol. The minimum absolute atomic E-state index is 0.120. The lowest BCUT2D eigenvalue weighted by molar-refractivity contribution is -0.384. The molecular formula is C9H9BrN6O3. The van der Waals surface area contributed by atoms with E-state index in [0.29, 0.717) is 23.3 Å². The van der Waals surface area contributed by atoms with Gasteiger partial charge in [-0.25, -0.2) is 14.9 Å². The Bertz CT molecular complexity index is 651. The highest BCUT2D eigenvalue weighted by Crippen LogP contribution is 2.24. The van der Waals surface area contributed by atoms with Crippen LogP contribution >= 0.6 is 15.9 Å². The average Bonchev–Trinajstić information content (AvgIpc) is 2.77. The third-order valence-electron chi connectivity index (χ3n) is 2.24. The van der Waals surface area contributed by atoms with Crippen LogP contribution in [0.5, 0.6) is 0 Å². The number of pyridine rings is 1. The summed E-state index contributed by atoms with van der Waals surface area (Å²) in [6, 6.07) is 1.37. The van der Waals surface area contributed by atoms with Crippen molar-refractivity contribution in [2.75, 3.05) is 11.9 Å². The molecule has 10 heteroatoms. The summed E-state index contributed by atoms with van der Waals surface area (Å²) < 4.78 is 0.529. The highest BCUT2D eigenvalue weighted by molar-refractivity contribution is 9.10. The van der Waals surface area contributed by atoms with Crippen LogP contribution in [-0.4, -0.2) is 31.6 Å². The summed E-state index contributed by atoms with van der Waals surface area (Å²) in [6.07, 6.45) is 1.87. The first-order valence-electron chi connectivity index (χ1n) is 5.23. The minimum Gasteiger partial charge on any atom is -0.364 e. The van der Waals surface area contributed by atoms with Crippen molar-refractivity contribution < 1.29 is 4.92 Å². The van der Waals surface area contributed by atoms with Gasteiger partial charge < -0.3 is 5.32 Å². The summed E-state index contributed by atoms with van der Waals surface area (Å²) in [6.45, 7) is 0.357. The lowest BCUT2D eigenvalue weighted by Gasteiger charge is -2.04. The van der Waals surface area contributed by atoms with Crippen molar-refractivity contribution in [3.8, 4) is 0 Å². The van der Waals surface area contributed by atoms with Gasteiger partial charge in [0, 0.05) is 29.7 Å². The number of nitro groups is 1. The first-order valence-corrected chi connectivity index (χ1v) is 6.03. The Balaban J connectivity index is 2.03. The topological polar surface area (TPSA) is 130 Å². The molecule has 2 aromatic rings. The van der Waals surface area contributed by atoms with E-state index in [4.69, 9.17) is 0 Å². The summed E-state index contributed by atoms with van der Waals surface area (Å²) in [7, 11) is 0. The van der Waals surface area contributed by atoms with E-state index in [0.717, 1.165) is 0 Å². The largest absolute Gasteiger partial charge is 0.364 e. The molecule has 0 spiro atoms. The fourth-order valence-corrected chi connectivity index (χ4v) is 1.75. The van der Waals surface area contributed by atoms with Gasteiger partial charge >= 0.3 is 11.4 Å². The van der Waals surface area contributed by atoms with Crippen LogP contribution in [0.15, 0.2) is 21.5 Å². The Morgan fingerprint density at radius 2 is 2.32 bits per heavy atom. The number of halogens is 1. The maximum atomic E-state index is 10.9. The van der Waals surface area contributed by atoms with E-state index in [-0.39, 0.29) is 17.2 Å². The molecule has 0 aliphatic heterocycles. The van der Waals surface area contributed by atoms with Gasteiger partial charge in [0.2, 0.25) is 5.82 Å². The zero-order valence-electron chi connectivity index (χ0n) is 9.51. The molecule has 0 aliphatic rings. The number of aromatic nitrogens is 4. The molecule has 2 aromatic heterocycles. The van der Waals surface area contributed by atoms with E-state index in [9.17, 15) is 14.9 Å². The molecule has 0 radical (unpaired) electrons. The zero-order valence-corrected chi connectivity index (χ0v) is 11.1. The van der Waals surface area contributed by atoms with Gasteiger partial charge in [-0.15, -0.1) is 0 Å². The summed E-state index contributed by atoms with van der Waals surface area (Å²) in [5, 5.41) is 19.6. The molecule has 0 atom stereocenters. The van der Waals surface area contributed by atoms with Crippen molar-refractivity contribution >= 4 is 27.4 Å². The van der Waals surface area contributed by atoms with Crippen molar-refractivity contribution in [1.29, 1.82) is 0 Å². The predicted octanol–water partition coefficient (Wildman–Crippen LogP) is 0.818. The molecule has 0 unspecified atom stereocenters. The molecule has 3 N–H and O–H groups in total. The van der Waals surface area contributed by atoms with Crippen LogP contribution in [0, 0.1) is 10.1 Å². The zero-order chi connectivity index (χ0) is 13.8. The third-order valence-corrected chi connectivity index (χ3v) is 2.67. The van der Waals surface area contributed by atoms with E-state index >= 15 is 0 Å². The van der Waals surface area contributed by atoms with E-state index < -0.39 is 4.92 Å². The van der Waals surface area contributed by atoms with Crippen LogP contribution in [0.3, 0.4) is 0 Å². The number of hydrogen-bond acceptors (Lipinski definition) is 6. The quantitative estimate of drug-likeness (QED) is 0.550. The van der Waals surface area contributed by atoms with Crippen LogP contribution in [-0.2, 0) is 6.42 Å². The predicted molar refractivity (Wildman–Crippen MR) is 70.0 cm³/mol. The van der Waals surface area contributed by atoms with Crippen LogP contribution in [0.1, 0.15) is 5.82 Å². The van der Waals surface area contributed by atoms with Crippen molar-refractivity contribution in [2.24, 2.45) is 0 Å². The maximum absolute atomic E-state index is 10.9. The first-order chi connectivity index (χ1) is 9.06. The van der Waals surface area contributed by atoms with Crippen molar-refractivity contribution in [1.82, 2.24) is 20.2 Å². The smallest absolute Gasteiger partial charge is 0.340 e. The van der Waals surface area contributed by atoms with E-state index in [2.05, 4.69) is 41.4 Å². The molecular weight excluding hydrogens is 320 g/mol. The molecule has 0 aromatic carbocycles. The number of H-pyrrole nitrogens is 2. The fourth-order valence-electron chi connectivity index (χ4n) is 1.43. The molecule has 0 saturated heterocycles. The van der Waals surface area contributed by atoms with Gasteiger partial charge in [-0.1, -0.05) is 0 Å². The van der Waals surface area contributed by atoms with Gasteiger partial charge in [-0.05, 0) is 15.9 Å². The number of nitrogens with one attached hydrogen (secondary N) is 3. The highest BCUT2D eigenvalue weighted by atomic mass is 79.9. The van der Waals surface area contributed by atoms with Crippen LogP contribution in [0.4, 0.5) is 11.5 Å². The molecule has 9 nitrogen and oxygen atoms in total. The summed E-state index contributed by atoms with van der Waals surface area (Å²) in [5.41, 5.74) is -0.507. The van der Waals surface area contributed by atoms with Crippen molar-refractivity contribution in [3.63, 3.8) is 0 Å². The normalized spacial score (nSPS) is 10.4. The van der Waals surface area contributed by atoms with Gasteiger partial charge in [-0.2, -0.15) is 5.10 Å². The summed E-state index contributed by atoms with van der Waals surface area (Å²) >= 11 is 3.12. The second kappa shape index (κ2) is 5.61. The molecule has 2 heterocycles. The number of anilines is 1. The Labute approximate surface area is 114 Å². The number of hydrogen-bond donors (Lipinski definition) is 3. The van der Waals surface area contributed by atoms with E-state index in [1.165, 1.54) is 12.3 Å². The Kier molecular flexibility index (Phi) is 3.90. The van der Waals surface area contributed by atoms with Crippen molar-refractivity contribution in [2.45, 2.75) is 6.42 Å². The Morgan fingerprint density at radius 3 is 2.95 bits per heavy atom. The summed E-state index contributed by atoms with van der Waals surface area (Å²) in [4.78, 5) is 27.6. The molecule has 0 amide bonds. The molecule has 0 fully saturated rings. The van der Waals surface area contributed by atoms with Gasteiger partial charge in [0.05, 0.1) is 4.92 Å². The number of rotatable bonds is 5. The fraction of sp³-hybridized carbons (Fsp3) is 0.222. The molecule has 0 saturated carbocycles. The van der Waals surface area contributed by atoms with E-state index in [1.54, 1.807) is 0 Å². The third kappa shape index (κ3) is 3.37. The maximum Gasteiger partial charge on any atom is 0.340 e. The summed E-state index contributed by atoms with van der Waals surface area (Å²) in [5.74, 6) is 0.642. The Morgan fingerprint density at radius 1 is 1.53 bits per heavy atom. The average molecular weight is 329 g/mol. The molecule has 100 valence electrons. The Hall–Kier alpha value is -2.23. The van der Waals surface area contributed by atoms with Crippen molar-refractivity contribution in [3.05, 3.63) is 43.2 Å². The lowest BCUT2D eigenvalue weighted by Crippen LogP contribution is -2.10. The van der Waals surface area contributed by atoms with Crippen LogP contribution < -0.4 is 11.0 Å². The van der Waals surface area contributed by atoms with Crippen LogP contribution in [0.25, 0.3) is 0 Å². The first kappa shape index (κ1) is 13.2. The van der Waals surface area contributed by atoms with Crippen LogP contribution in [0.2, 0.25) is 0 Å². The standard InChI is InChI=1S/C9H9BrN6O3/c10-5-3-6(16(18)19)8(12-4-5)11-2-1-7-13-9(17)15-14-7/h3-4H,1-2H2,(H,11,12)(H2,13,14,15,17). The molecule has 0 aliphatic carbocycles. The second-order valence-electron chi connectivity index (χ2n) is 3.58. The van der Waals surface area contributed by atoms with Gasteiger partial charge in [-0.3, -0.25) is 15.1 Å². The molecule has 2 rings (SSSR count). The minimum atomic E-state index is -0.517. The highest BCUT2D eigenvalue weighted by Gasteiger charge is 2.15. The molecule has 19 heavy (non-hydrogen) atoms. The number of aromatic amines is 2. The molecule has 0 bridgehead atoms. The van der Waals surface area contributed by atoms with Gasteiger partial charge in [0.1, 0.15) is 5.82 Å². The second-order valence-corrected chi connectivity index (χ2v) is 4.50.